The number of sulfonamides is 1. The van der Waals surface area contributed by atoms with E-state index in [4.69, 9.17) is 0 Å². The van der Waals surface area contributed by atoms with Gasteiger partial charge in [-0.2, -0.15) is 0 Å². The van der Waals surface area contributed by atoms with Crippen molar-refractivity contribution < 1.29 is 8.42 Å². The summed E-state index contributed by atoms with van der Waals surface area (Å²) in [6.07, 6.45) is 3.08. The molecule has 3 heterocycles. The van der Waals surface area contributed by atoms with Crippen LogP contribution < -0.4 is 5.32 Å². The van der Waals surface area contributed by atoms with Gasteiger partial charge in [0.05, 0.1) is 6.26 Å². The first kappa shape index (κ1) is 16.9. The molecule has 0 aromatic carbocycles. The summed E-state index contributed by atoms with van der Waals surface area (Å²) in [5.74, 6) is 1.60. The number of pyridine rings is 2. The zero-order valence-corrected chi connectivity index (χ0v) is 14.8. The van der Waals surface area contributed by atoms with E-state index in [1.807, 2.05) is 43.3 Å². The molecular weight excluding hydrogens is 324 g/mol. The van der Waals surface area contributed by atoms with Gasteiger partial charge in [0.25, 0.3) is 0 Å². The van der Waals surface area contributed by atoms with Gasteiger partial charge in [0, 0.05) is 30.4 Å². The third kappa shape index (κ3) is 4.10. The molecule has 1 aliphatic heterocycles. The number of rotatable bonds is 4. The Morgan fingerprint density at radius 3 is 2.54 bits per heavy atom. The van der Waals surface area contributed by atoms with E-state index in [1.54, 1.807) is 4.31 Å². The van der Waals surface area contributed by atoms with E-state index in [9.17, 15) is 8.42 Å². The number of piperidine rings is 1. The van der Waals surface area contributed by atoms with Crippen molar-refractivity contribution in [2.24, 2.45) is 0 Å². The van der Waals surface area contributed by atoms with Crippen LogP contribution in [0.1, 0.15) is 30.1 Å². The predicted octanol–water partition coefficient (Wildman–Crippen LogP) is 2.67. The summed E-state index contributed by atoms with van der Waals surface area (Å²) in [7, 11) is -3.15. The first-order valence-corrected chi connectivity index (χ1v) is 9.89. The van der Waals surface area contributed by atoms with Crippen LogP contribution in [0.15, 0.2) is 36.4 Å². The molecule has 1 atom stereocenters. The molecule has 24 heavy (non-hydrogen) atoms. The van der Waals surface area contributed by atoms with Crippen LogP contribution in [0.4, 0.5) is 11.6 Å². The summed E-state index contributed by atoms with van der Waals surface area (Å²) in [5.41, 5.74) is 1.85. The van der Waals surface area contributed by atoms with Gasteiger partial charge in [-0.15, -0.1) is 0 Å². The Hall–Kier alpha value is -1.99. The van der Waals surface area contributed by atoms with Gasteiger partial charge in [-0.25, -0.2) is 22.7 Å². The van der Waals surface area contributed by atoms with Crippen molar-refractivity contribution >= 4 is 21.7 Å². The summed E-state index contributed by atoms with van der Waals surface area (Å²) >= 11 is 0. The maximum atomic E-state index is 11.8. The SMILES string of the molecule is Cc1cccc(Nc2cccc([C@@H]3CCCN(S(C)(=O)=O)C3)n2)n1. The molecule has 0 aliphatic carbocycles. The van der Waals surface area contributed by atoms with E-state index >= 15 is 0 Å². The van der Waals surface area contributed by atoms with E-state index in [2.05, 4.69) is 15.3 Å². The monoisotopic (exact) mass is 346 g/mol. The Balaban J connectivity index is 1.77. The van der Waals surface area contributed by atoms with Crippen LogP contribution in [0.3, 0.4) is 0 Å². The Bertz CT molecular complexity index is 823. The third-order valence-corrected chi connectivity index (χ3v) is 5.46. The molecular formula is C17H22N4O2S. The van der Waals surface area contributed by atoms with E-state index in [0.717, 1.165) is 35.9 Å². The number of nitrogens with one attached hydrogen (secondary N) is 1. The van der Waals surface area contributed by atoms with Crippen LogP contribution in [-0.4, -0.2) is 42.0 Å². The molecule has 1 fully saturated rings. The molecule has 1 aliphatic rings. The van der Waals surface area contributed by atoms with Crippen molar-refractivity contribution in [1.29, 1.82) is 0 Å². The molecule has 1 saturated heterocycles. The van der Waals surface area contributed by atoms with Crippen molar-refractivity contribution in [2.45, 2.75) is 25.7 Å². The second-order valence-electron chi connectivity index (χ2n) is 6.20. The Morgan fingerprint density at radius 1 is 1.12 bits per heavy atom. The third-order valence-electron chi connectivity index (χ3n) is 4.19. The lowest BCUT2D eigenvalue weighted by Crippen LogP contribution is -2.38. The van der Waals surface area contributed by atoms with Crippen LogP contribution in [0.25, 0.3) is 0 Å². The maximum Gasteiger partial charge on any atom is 0.211 e. The zero-order chi connectivity index (χ0) is 17.2. The molecule has 0 spiro atoms. The van der Waals surface area contributed by atoms with Gasteiger partial charge < -0.3 is 5.32 Å². The lowest BCUT2D eigenvalue weighted by Gasteiger charge is -2.30. The van der Waals surface area contributed by atoms with Gasteiger partial charge >= 0.3 is 0 Å². The fourth-order valence-electron chi connectivity index (χ4n) is 2.98. The molecule has 1 N–H and O–H groups in total. The zero-order valence-electron chi connectivity index (χ0n) is 13.9. The fraction of sp³-hybridized carbons (Fsp3) is 0.412. The lowest BCUT2D eigenvalue weighted by molar-refractivity contribution is 0.314. The van der Waals surface area contributed by atoms with Crippen molar-refractivity contribution in [3.05, 3.63) is 47.8 Å². The van der Waals surface area contributed by atoms with Crippen molar-refractivity contribution in [3.63, 3.8) is 0 Å². The summed E-state index contributed by atoms with van der Waals surface area (Å²) in [6.45, 7) is 3.04. The summed E-state index contributed by atoms with van der Waals surface area (Å²) < 4.78 is 25.1. The molecule has 2 aromatic heterocycles. The second kappa shape index (κ2) is 6.86. The summed E-state index contributed by atoms with van der Waals surface area (Å²) in [4.78, 5) is 9.08. The largest absolute Gasteiger partial charge is 0.325 e. The number of aryl methyl sites for hydroxylation is 1. The molecule has 3 rings (SSSR count). The smallest absolute Gasteiger partial charge is 0.211 e. The quantitative estimate of drug-likeness (QED) is 0.921. The molecule has 7 heteroatoms. The average molecular weight is 346 g/mol. The van der Waals surface area contributed by atoms with Crippen LogP contribution >= 0.6 is 0 Å². The highest BCUT2D eigenvalue weighted by Gasteiger charge is 2.27. The second-order valence-corrected chi connectivity index (χ2v) is 8.18. The van der Waals surface area contributed by atoms with Crippen LogP contribution in [-0.2, 0) is 10.0 Å². The minimum absolute atomic E-state index is 0.126. The van der Waals surface area contributed by atoms with E-state index < -0.39 is 10.0 Å². The Labute approximate surface area is 143 Å². The first-order chi connectivity index (χ1) is 11.4. The topological polar surface area (TPSA) is 75.2 Å². The van der Waals surface area contributed by atoms with Gasteiger partial charge in [-0.3, -0.25) is 0 Å². The Morgan fingerprint density at radius 2 is 1.83 bits per heavy atom. The lowest BCUT2D eigenvalue weighted by atomic mass is 9.95. The first-order valence-electron chi connectivity index (χ1n) is 8.04. The highest BCUT2D eigenvalue weighted by atomic mass is 32.2. The molecule has 0 radical (unpaired) electrons. The van der Waals surface area contributed by atoms with Gasteiger partial charge in [0.15, 0.2) is 0 Å². The number of hydrogen-bond donors (Lipinski definition) is 1. The molecule has 2 aromatic rings. The average Bonchev–Trinajstić information content (AvgIpc) is 2.54. The van der Waals surface area contributed by atoms with Gasteiger partial charge in [-0.05, 0) is 44.0 Å². The predicted molar refractivity (Wildman–Crippen MR) is 94.9 cm³/mol. The number of hydrogen-bond acceptors (Lipinski definition) is 5. The highest BCUT2D eigenvalue weighted by Crippen LogP contribution is 2.28. The van der Waals surface area contributed by atoms with Gasteiger partial charge in [0.2, 0.25) is 10.0 Å². The summed E-state index contributed by atoms with van der Waals surface area (Å²) in [6, 6.07) is 11.6. The maximum absolute atomic E-state index is 11.8. The van der Waals surface area contributed by atoms with Gasteiger partial charge in [-0.1, -0.05) is 12.1 Å². The van der Waals surface area contributed by atoms with Crippen molar-refractivity contribution in [3.8, 4) is 0 Å². The normalized spacial score (nSPS) is 19.2. The standard InChI is InChI=1S/C17H22N4O2S/c1-13-6-3-9-16(18-13)20-17-10-4-8-15(19-17)14-7-5-11-21(12-14)24(2,22)23/h3-4,6,8-10,14H,5,7,11-12H2,1-2H3,(H,18,19,20)/t14-/m1/s1. The molecule has 0 amide bonds. The summed E-state index contributed by atoms with van der Waals surface area (Å²) in [5, 5.41) is 3.21. The molecule has 0 bridgehead atoms. The molecule has 0 unspecified atom stereocenters. The molecule has 128 valence electrons. The van der Waals surface area contributed by atoms with Crippen LogP contribution in [0.5, 0.6) is 0 Å². The number of anilines is 2. The highest BCUT2D eigenvalue weighted by molar-refractivity contribution is 7.88. The Kier molecular flexibility index (Phi) is 4.82. The van der Waals surface area contributed by atoms with Crippen LogP contribution in [0, 0.1) is 6.92 Å². The molecule has 0 saturated carbocycles. The van der Waals surface area contributed by atoms with Crippen LogP contribution in [0.2, 0.25) is 0 Å². The van der Waals surface area contributed by atoms with Gasteiger partial charge in [0.1, 0.15) is 11.6 Å². The van der Waals surface area contributed by atoms with E-state index in [1.165, 1.54) is 6.26 Å². The van der Waals surface area contributed by atoms with Crippen molar-refractivity contribution in [1.82, 2.24) is 14.3 Å². The number of nitrogens with zero attached hydrogens (tertiary/aromatic N) is 3. The fourth-order valence-corrected chi connectivity index (χ4v) is 3.89. The van der Waals surface area contributed by atoms with E-state index in [0.29, 0.717) is 13.1 Å². The minimum Gasteiger partial charge on any atom is -0.325 e. The number of aromatic nitrogens is 2. The molecule has 6 nitrogen and oxygen atoms in total. The van der Waals surface area contributed by atoms with Crippen molar-refractivity contribution in [2.75, 3.05) is 24.7 Å². The minimum atomic E-state index is -3.15. The van der Waals surface area contributed by atoms with E-state index in [-0.39, 0.29) is 5.92 Å².